The van der Waals surface area contributed by atoms with Crippen LogP contribution in [-0.4, -0.2) is 47.2 Å². The Morgan fingerprint density at radius 2 is 1.75 bits per heavy atom. The van der Waals surface area contributed by atoms with Gasteiger partial charge in [-0.3, -0.25) is 4.90 Å². The molecule has 4 nitrogen and oxygen atoms in total. The van der Waals surface area contributed by atoms with Gasteiger partial charge in [0, 0.05) is 30.7 Å². The van der Waals surface area contributed by atoms with Gasteiger partial charge in [-0.05, 0) is 44.4 Å². The number of hydrogen-bond donors (Lipinski definition) is 0. The predicted octanol–water partition coefficient (Wildman–Crippen LogP) is 5.11. The molecule has 0 spiro atoms. The first-order valence-corrected chi connectivity index (χ1v) is 10.6. The number of amides is 1. The molecule has 28 heavy (non-hydrogen) atoms. The molecule has 1 fully saturated rings. The molecular weight excluding hydrogens is 416 g/mol. The summed E-state index contributed by atoms with van der Waals surface area (Å²) in [7, 11) is 0. The van der Waals surface area contributed by atoms with Crippen molar-refractivity contribution in [2.45, 2.75) is 45.4 Å². The fourth-order valence-corrected chi connectivity index (χ4v) is 4.00. The number of carbonyl (C=O) groups is 1. The zero-order valence-electron chi connectivity index (χ0n) is 16.9. The lowest BCUT2D eigenvalue weighted by molar-refractivity contribution is -0.00235. The molecule has 0 aromatic heterocycles. The number of piperazine rings is 1. The third-order valence-electron chi connectivity index (χ3n) is 4.86. The van der Waals surface area contributed by atoms with E-state index in [2.05, 4.69) is 57.2 Å². The summed E-state index contributed by atoms with van der Waals surface area (Å²) >= 11 is 3.65. The first-order valence-electron chi connectivity index (χ1n) is 9.81. The van der Waals surface area contributed by atoms with E-state index in [1.807, 2.05) is 43.9 Å². The lowest BCUT2D eigenvalue weighted by atomic mass is 10.0. The van der Waals surface area contributed by atoms with Crippen molar-refractivity contribution in [2.75, 3.05) is 19.6 Å². The van der Waals surface area contributed by atoms with Crippen LogP contribution in [0.25, 0.3) is 0 Å². The summed E-state index contributed by atoms with van der Waals surface area (Å²) in [4.78, 5) is 17.2. The van der Waals surface area contributed by atoms with Gasteiger partial charge >= 0.3 is 6.09 Å². The van der Waals surface area contributed by atoms with E-state index in [0.29, 0.717) is 6.54 Å². The van der Waals surface area contributed by atoms with Gasteiger partial charge in [-0.15, -0.1) is 0 Å². The molecule has 150 valence electrons. The van der Waals surface area contributed by atoms with Crippen molar-refractivity contribution in [1.82, 2.24) is 9.80 Å². The Balaban J connectivity index is 1.76. The molecule has 1 aliphatic heterocycles. The van der Waals surface area contributed by atoms with Gasteiger partial charge in [0.25, 0.3) is 0 Å². The summed E-state index contributed by atoms with van der Waals surface area (Å²) in [5, 5.41) is 0. The van der Waals surface area contributed by atoms with Gasteiger partial charge in [-0.25, -0.2) is 4.79 Å². The lowest BCUT2D eigenvalue weighted by Crippen LogP contribution is -2.56. The molecule has 3 rings (SSSR count). The van der Waals surface area contributed by atoms with Crippen LogP contribution >= 0.6 is 15.9 Å². The topological polar surface area (TPSA) is 32.8 Å². The maximum Gasteiger partial charge on any atom is 0.410 e. The third-order valence-corrected chi connectivity index (χ3v) is 5.63. The van der Waals surface area contributed by atoms with Crippen LogP contribution in [0.5, 0.6) is 0 Å². The number of rotatable bonds is 4. The minimum Gasteiger partial charge on any atom is -0.444 e. The van der Waals surface area contributed by atoms with E-state index in [9.17, 15) is 4.79 Å². The average molecular weight is 445 g/mol. The summed E-state index contributed by atoms with van der Waals surface area (Å²) < 4.78 is 6.77. The van der Waals surface area contributed by atoms with Crippen LogP contribution in [0.3, 0.4) is 0 Å². The van der Waals surface area contributed by atoms with Crippen LogP contribution in [0, 0.1) is 0 Å². The standard InChI is InChI=1S/C23H29BrN2O2/c1-23(2,3)28-22(27)26-14-13-25(16-18-9-5-4-6-10-18)17-20(26)15-19-11-7-8-12-21(19)24/h4-12,20H,13-17H2,1-3H3/t20-/m1/s1. The SMILES string of the molecule is CC(C)(C)OC(=O)N1CCN(Cc2ccccc2)C[C@H]1Cc1ccccc1Br. The maximum atomic E-state index is 12.8. The highest BCUT2D eigenvalue weighted by atomic mass is 79.9. The van der Waals surface area contributed by atoms with Crippen molar-refractivity contribution < 1.29 is 9.53 Å². The summed E-state index contributed by atoms with van der Waals surface area (Å²) in [5.74, 6) is 0. The molecule has 0 saturated carbocycles. The van der Waals surface area contributed by atoms with Crippen molar-refractivity contribution in [1.29, 1.82) is 0 Å². The van der Waals surface area contributed by atoms with Crippen LogP contribution < -0.4 is 0 Å². The lowest BCUT2D eigenvalue weighted by Gasteiger charge is -2.42. The monoisotopic (exact) mass is 444 g/mol. The molecule has 0 radical (unpaired) electrons. The van der Waals surface area contributed by atoms with Gasteiger partial charge in [0.15, 0.2) is 0 Å². The quantitative estimate of drug-likeness (QED) is 0.656. The number of hydrogen-bond acceptors (Lipinski definition) is 3. The molecule has 2 aromatic rings. The molecule has 2 aromatic carbocycles. The molecule has 0 unspecified atom stereocenters. The van der Waals surface area contributed by atoms with E-state index >= 15 is 0 Å². The normalized spacial score (nSPS) is 18.1. The van der Waals surface area contributed by atoms with Gasteiger partial charge in [-0.2, -0.15) is 0 Å². The highest BCUT2D eigenvalue weighted by molar-refractivity contribution is 9.10. The second-order valence-electron chi connectivity index (χ2n) is 8.34. The summed E-state index contributed by atoms with van der Waals surface area (Å²) in [6, 6.07) is 18.8. The Morgan fingerprint density at radius 1 is 1.07 bits per heavy atom. The molecular formula is C23H29BrN2O2. The summed E-state index contributed by atoms with van der Waals surface area (Å²) in [6.45, 7) is 9.00. The number of benzene rings is 2. The van der Waals surface area contributed by atoms with Crippen molar-refractivity contribution in [3.05, 3.63) is 70.2 Å². The van der Waals surface area contributed by atoms with E-state index in [0.717, 1.165) is 30.5 Å². The van der Waals surface area contributed by atoms with Gasteiger partial charge in [0.1, 0.15) is 5.60 Å². The zero-order chi connectivity index (χ0) is 20.1. The molecule has 0 N–H and O–H groups in total. The minimum atomic E-state index is -0.490. The molecule has 0 bridgehead atoms. The summed E-state index contributed by atoms with van der Waals surface area (Å²) in [5.41, 5.74) is 2.02. The molecule has 1 atom stereocenters. The molecule has 1 heterocycles. The van der Waals surface area contributed by atoms with E-state index < -0.39 is 5.60 Å². The van der Waals surface area contributed by atoms with Crippen molar-refractivity contribution in [3.8, 4) is 0 Å². The van der Waals surface area contributed by atoms with Crippen LogP contribution in [-0.2, 0) is 17.7 Å². The number of carbonyl (C=O) groups excluding carboxylic acids is 1. The highest BCUT2D eigenvalue weighted by Crippen LogP contribution is 2.24. The van der Waals surface area contributed by atoms with Gasteiger partial charge in [0.2, 0.25) is 0 Å². The smallest absolute Gasteiger partial charge is 0.410 e. The Labute approximate surface area is 176 Å². The second kappa shape index (κ2) is 9.10. The Bertz CT molecular complexity index is 789. The van der Waals surface area contributed by atoms with Gasteiger partial charge in [0.05, 0.1) is 6.04 Å². The molecule has 5 heteroatoms. The molecule has 0 aliphatic carbocycles. The first kappa shape index (κ1) is 20.9. The second-order valence-corrected chi connectivity index (χ2v) is 9.20. The van der Waals surface area contributed by atoms with E-state index in [-0.39, 0.29) is 12.1 Å². The summed E-state index contributed by atoms with van der Waals surface area (Å²) in [6.07, 6.45) is 0.579. The van der Waals surface area contributed by atoms with Crippen molar-refractivity contribution in [2.24, 2.45) is 0 Å². The van der Waals surface area contributed by atoms with Gasteiger partial charge in [-0.1, -0.05) is 64.5 Å². The number of nitrogens with zero attached hydrogens (tertiary/aromatic N) is 2. The van der Waals surface area contributed by atoms with E-state index in [4.69, 9.17) is 4.74 Å². The number of halogens is 1. The van der Waals surface area contributed by atoms with Crippen LogP contribution in [0.4, 0.5) is 4.79 Å². The Morgan fingerprint density at radius 3 is 2.43 bits per heavy atom. The van der Waals surface area contributed by atoms with E-state index in [1.54, 1.807) is 0 Å². The van der Waals surface area contributed by atoms with Crippen LogP contribution in [0.1, 0.15) is 31.9 Å². The Hall–Kier alpha value is -1.85. The van der Waals surface area contributed by atoms with E-state index in [1.165, 1.54) is 11.1 Å². The zero-order valence-corrected chi connectivity index (χ0v) is 18.5. The highest BCUT2D eigenvalue weighted by Gasteiger charge is 2.33. The van der Waals surface area contributed by atoms with Crippen molar-refractivity contribution >= 4 is 22.0 Å². The van der Waals surface area contributed by atoms with Crippen LogP contribution in [0.15, 0.2) is 59.1 Å². The Kier molecular flexibility index (Phi) is 6.78. The fourth-order valence-electron chi connectivity index (χ4n) is 3.56. The largest absolute Gasteiger partial charge is 0.444 e. The van der Waals surface area contributed by atoms with Gasteiger partial charge < -0.3 is 9.64 Å². The fraction of sp³-hybridized carbons (Fsp3) is 0.435. The average Bonchev–Trinajstić information content (AvgIpc) is 2.63. The maximum absolute atomic E-state index is 12.8. The predicted molar refractivity (Wildman–Crippen MR) is 116 cm³/mol. The van der Waals surface area contributed by atoms with Crippen molar-refractivity contribution in [3.63, 3.8) is 0 Å². The first-order chi connectivity index (χ1) is 13.3. The third kappa shape index (κ3) is 5.82. The van der Waals surface area contributed by atoms with Crippen LogP contribution in [0.2, 0.25) is 0 Å². The minimum absolute atomic E-state index is 0.0750. The number of ether oxygens (including phenoxy) is 1. The molecule has 1 amide bonds. The molecule has 1 aliphatic rings. The molecule has 1 saturated heterocycles.